The normalized spacial score (nSPS) is 10.6. The van der Waals surface area contributed by atoms with Gasteiger partial charge in [0.15, 0.2) is 0 Å². The molecule has 3 aromatic heterocycles. The Labute approximate surface area is 119 Å². The molecule has 0 N–H and O–H groups in total. The number of imidazole rings is 1. The molecule has 0 spiro atoms. The van der Waals surface area contributed by atoms with Gasteiger partial charge in [-0.15, -0.1) is 0 Å². The standard InChI is InChI=1S/C14H11BrN4/c15-13-6-12(8-17-9-13)14-18-4-5-19(14)10-11-2-1-3-16-7-11/h1-9H,10H2. The first-order valence-electron chi connectivity index (χ1n) is 5.84. The maximum Gasteiger partial charge on any atom is 0.141 e. The van der Waals surface area contributed by atoms with Crippen LogP contribution in [0.15, 0.2) is 59.9 Å². The van der Waals surface area contributed by atoms with Gasteiger partial charge in [-0.1, -0.05) is 6.07 Å². The number of hydrogen-bond donors (Lipinski definition) is 0. The van der Waals surface area contributed by atoms with E-state index < -0.39 is 0 Å². The average Bonchev–Trinajstić information content (AvgIpc) is 2.88. The summed E-state index contributed by atoms with van der Waals surface area (Å²) in [4.78, 5) is 12.7. The van der Waals surface area contributed by atoms with Crippen molar-refractivity contribution in [1.82, 2.24) is 19.5 Å². The molecule has 0 aromatic carbocycles. The topological polar surface area (TPSA) is 43.6 Å². The van der Waals surface area contributed by atoms with E-state index in [9.17, 15) is 0 Å². The fraction of sp³-hybridized carbons (Fsp3) is 0.0714. The monoisotopic (exact) mass is 314 g/mol. The highest BCUT2D eigenvalue weighted by Gasteiger charge is 2.07. The van der Waals surface area contributed by atoms with Gasteiger partial charge >= 0.3 is 0 Å². The van der Waals surface area contributed by atoms with E-state index in [1.807, 2.05) is 30.7 Å². The van der Waals surface area contributed by atoms with E-state index in [-0.39, 0.29) is 0 Å². The van der Waals surface area contributed by atoms with Crippen molar-refractivity contribution in [2.24, 2.45) is 0 Å². The fourth-order valence-corrected chi connectivity index (χ4v) is 2.28. The second kappa shape index (κ2) is 5.32. The molecular weight excluding hydrogens is 304 g/mol. The third kappa shape index (κ3) is 2.71. The molecule has 4 nitrogen and oxygen atoms in total. The number of halogens is 1. The molecule has 0 saturated carbocycles. The second-order valence-corrected chi connectivity index (χ2v) is 5.05. The maximum absolute atomic E-state index is 4.41. The quantitative estimate of drug-likeness (QED) is 0.746. The zero-order valence-corrected chi connectivity index (χ0v) is 11.7. The minimum absolute atomic E-state index is 0.746. The molecule has 5 heteroatoms. The van der Waals surface area contributed by atoms with Crippen molar-refractivity contribution < 1.29 is 0 Å². The summed E-state index contributed by atoms with van der Waals surface area (Å²) < 4.78 is 3.03. The van der Waals surface area contributed by atoms with E-state index in [1.54, 1.807) is 18.6 Å². The molecule has 0 bridgehead atoms. The van der Waals surface area contributed by atoms with Gasteiger partial charge in [0, 0.05) is 47.2 Å². The van der Waals surface area contributed by atoms with Crippen LogP contribution in [-0.2, 0) is 6.54 Å². The summed E-state index contributed by atoms with van der Waals surface area (Å²) in [5, 5.41) is 0. The van der Waals surface area contributed by atoms with E-state index in [1.165, 1.54) is 0 Å². The molecular formula is C14H11BrN4. The molecule has 0 atom stereocenters. The van der Waals surface area contributed by atoms with Crippen LogP contribution in [0.2, 0.25) is 0 Å². The molecule has 0 aliphatic rings. The van der Waals surface area contributed by atoms with Gasteiger partial charge in [0.1, 0.15) is 5.82 Å². The summed E-state index contributed by atoms with van der Waals surface area (Å²) in [7, 11) is 0. The Bertz CT molecular complexity index is 679. The number of nitrogens with zero attached hydrogens (tertiary/aromatic N) is 4. The average molecular weight is 315 g/mol. The lowest BCUT2D eigenvalue weighted by Gasteiger charge is -2.07. The Balaban J connectivity index is 1.95. The predicted molar refractivity (Wildman–Crippen MR) is 76.5 cm³/mol. The highest BCUT2D eigenvalue weighted by Crippen LogP contribution is 2.20. The summed E-state index contributed by atoms with van der Waals surface area (Å²) in [6.45, 7) is 0.746. The van der Waals surface area contributed by atoms with E-state index in [4.69, 9.17) is 0 Å². The van der Waals surface area contributed by atoms with Crippen LogP contribution in [0.5, 0.6) is 0 Å². The van der Waals surface area contributed by atoms with Gasteiger partial charge in [0.2, 0.25) is 0 Å². The Morgan fingerprint density at radius 1 is 1.11 bits per heavy atom. The third-order valence-electron chi connectivity index (χ3n) is 2.75. The molecule has 3 heterocycles. The maximum atomic E-state index is 4.41. The fourth-order valence-electron chi connectivity index (χ4n) is 1.92. The van der Waals surface area contributed by atoms with Gasteiger partial charge in [-0.3, -0.25) is 9.97 Å². The Morgan fingerprint density at radius 2 is 2.05 bits per heavy atom. The lowest BCUT2D eigenvalue weighted by Crippen LogP contribution is -2.01. The van der Waals surface area contributed by atoms with Crippen LogP contribution < -0.4 is 0 Å². The molecule has 0 saturated heterocycles. The van der Waals surface area contributed by atoms with Gasteiger partial charge < -0.3 is 4.57 Å². The minimum atomic E-state index is 0.746. The second-order valence-electron chi connectivity index (χ2n) is 4.13. The summed E-state index contributed by atoms with van der Waals surface area (Å²) in [5.41, 5.74) is 2.13. The van der Waals surface area contributed by atoms with Crippen molar-refractivity contribution in [3.05, 3.63) is 65.4 Å². The van der Waals surface area contributed by atoms with Crippen molar-refractivity contribution in [3.8, 4) is 11.4 Å². The van der Waals surface area contributed by atoms with Crippen LogP contribution in [0.1, 0.15) is 5.56 Å². The molecule has 3 aromatic rings. The largest absolute Gasteiger partial charge is 0.326 e. The predicted octanol–water partition coefficient (Wildman–Crippen LogP) is 3.15. The Kier molecular flexibility index (Phi) is 3.37. The van der Waals surface area contributed by atoms with Crippen molar-refractivity contribution in [1.29, 1.82) is 0 Å². The smallest absolute Gasteiger partial charge is 0.141 e. The lowest BCUT2D eigenvalue weighted by molar-refractivity contribution is 0.802. The Morgan fingerprint density at radius 3 is 2.84 bits per heavy atom. The summed E-state index contributed by atoms with van der Waals surface area (Å²) >= 11 is 3.43. The molecule has 0 aliphatic carbocycles. The SMILES string of the molecule is Brc1cncc(-c2nccn2Cc2cccnc2)c1. The van der Waals surface area contributed by atoms with Crippen LogP contribution >= 0.6 is 15.9 Å². The number of hydrogen-bond acceptors (Lipinski definition) is 3. The molecule has 0 amide bonds. The Hall–Kier alpha value is -2.01. The van der Waals surface area contributed by atoms with Crippen LogP contribution in [-0.4, -0.2) is 19.5 Å². The first-order chi connectivity index (χ1) is 9.33. The van der Waals surface area contributed by atoms with E-state index in [0.29, 0.717) is 0 Å². The molecule has 0 unspecified atom stereocenters. The van der Waals surface area contributed by atoms with Crippen molar-refractivity contribution in [2.75, 3.05) is 0 Å². The van der Waals surface area contributed by atoms with Crippen LogP contribution in [0.3, 0.4) is 0 Å². The summed E-state index contributed by atoms with van der Waals surface area (Å²) in [5.74, 6) is 0.901. The highest BCUT2D eigenvalue weighted by molar-refractivity contribution is 9.10. The molecule has 0 radical (unpaired) electrons. The lowest BCUT2D eigenvalue weighted by atomic mass is 10.2. The molecule has 0 aliphatic heterocycles. The number of pyridine rings is 2. The van der Waals surface area contributed by atoms with E-state index in [2.05, 4.69) is 41.5 Å². The van der Waals surface area contributed by atoms with Gasteiger partial charge in [0.25, 0.3) is 0 Å². The minimum Gasteiger partial charge on any atom is -0.326 e. The number of aromatic nitrogens is 4. The van der Waals surface area contributed by atoms with Crippen molar-refractivity contribution in [3.63, 3.8) is 0 Å². The zero-order chi connectivity index (χ0) is 13.1. The summed E-state index contributed by atoms with van der Waals surface area (Å²) in [6, 6.07) is 6.00. The van der Waals surface area contributed by atoms with Crippen molar-refractivity contribution >= 4 is 15.9 Å². The van der Waals surface area contributed by atoms with E-state index >= 15 is 0 Å². The van der Waals surface area contributed by atoms with E-state index in [0.717, 1.165) is 28.0 Å². The van der Waals surface area contributed by atoms with Crippen LogP contribution in [0.4, 0.5) is 0 Å². The zero-order valence-electron chi connectivity index (χ0n) is 10.1. The van der Waals surface area contributed by atoms with Gasteiger partial charge in [-0.2, -0.15) is 0 Å². The van der Waals surface area contributed by atoms with Crippen molar-refractivity contribution in [2.45, 2.75) is 6.54 Å². The highest BCUT2D eigenvalue weighted by atomic mass is 79.9. The van der Waals surface area contributed by atoms with Crippen LogP contribution in [0, 0.1) is 0 Å². The van der Waals surface area contributed by atoms with Gasteiger partial charge in [0.05, 0.1) is 6.54 Å². The molecule has 3 rings (SSSR count). The molecule has 19 heavy (non-hydrogen) atoms. The third-order valence-corrected chi connectivity index (χ3v) is 3.19. The molecule has 0 fully saturated rings. The van der Waals surface area contributed by atoms with Crippen LogP contribution in [0.25, 0.3) is 11.4 Å². The number of rotatable bonds is 3. The molecule has 94 valence electrons. The summed E-state index contributed by atoms with van der Waals surface area (Å²) in [6.07, 6.45) is 11.0. The first kappa shape index (κ1) is 12.0. The van der Waals surface area contributed by atoms with Gasteiger partial charge in [-0.25, -0.2) is 4.98 Å². The first-order valence-corrected chi connectivity index (χ1v) is 6.63. The van der Waals surface area contributed by atoms with Gasteiger partial charge in [-0.05, 0) is 33.6 Å².